The van der Waals surface area contributed by atoms with Crippen molar-refractivity contribution in [2.24, 2.45) is 11.7 Å². The maximum Gasteiger partial charge on any atom is 0.0624 e. The standard InChI is InChI=1S/C14H21Cl2NO/c1-3-9(2)7-13(18)10(8-17)14-11(15)5-4-6-12(14)16/h4-6,9-10,13,18H,3,7-8,17H2,1-2H3. The third-order valence-corrected chi connectivity index (χ3v) is 4.09. The van der Waals surface area contributed by atoms with Crippen LogP contribution in [0.15, 0.2) is 18.2 Å². The summed E-state index contributed by atoms with van der Waals surface area (Å²) in [5, 5.41) is 11.5. The summed E-state index contributed by atoms with van der Waals surface area (Å²) in [6.07, 6.45) is 1.23. The predicted octanol–water partition coefficient (Wildman–Crippen LogP) is 3.83. The van der Waals surface area contributed by atoms with Crippen molar-refractivity contribution in [3.05, 3.63) is 33.8 Å². The van der Waals surface area contributed by atoms with Gasteiger partial charge in [-0.2, -0.15) is 0 Å². The molecule has 0 aromatic heterocycles. The summed E-state index contributed by atoms with van der Waals surface area (Å²) in [4.78, 5) is 0. The van der Waals surface area contributed by atoms with Crippen LogP contribution < -0.4 is 5.73 Å². The molecule has 0 aliphatic heterocycles. The van der Waals surface area contributed by atoms with Crippen LogP contribution in [0.25, 0.3) is 0 Å². The molecule has 0 saturated heterocycles. The summed E-state index contributed by atoms with van der Waals surface area (Å²) in [5.41, 5.74) is 6.55. The Hall–Kier alpha value is -0.280. The molecule has 18 heavy (non-hydrogen) atoms. The van der Waals surface area contributed by atoms with E-state index in [2.05, 4.69) is 13.8 Å². The van der Waals surface area contributed by atoms with Crippen LogP contribution in [0.5, 0.6) is 0 Å². The minimum absolute atomic E-state index is 0.208. The van der Waals surface area contributed by atoms with Crippen LogP contribution in [0.4, 0.5) is 0 Å². The van der Waals surface area contributed by atoms with Crippen LogP contribution in [-0.4, -0.2) is 17.8 Å². The highest BCUT2D eigenvalue weighted by Crippen LogP contribution is 2.34. The molecule has 2 nitrogen and oxygen atoms in total. The van der Waals surface area contributed by atoms with Gasteiger partial charge in [-0.05, 0) is 30.0 Å². The van der Waals surface area contributed by atoms with Crippen molar-refractivity contribution >= 4 is 23.2 Å². The Labute approximate surface area is 119 Å². The third-order valence-electron chi connectivity index (χ3n) is 3.43. The summed E-state index contributed by atoms with van der Waals surface area (Å²) in [6, 6.07) is 5.35. The minimum atomic E-state index is -0.512. The molecule has 0 saturated carbocycles. The van der Waals surface area contributed by atoms with Crippen molar-refractivity contribution < 1.29 is 5.11 Å². The van der Waals surface area contributed by atoms with E-state index >= 15 is 0 Å². The van der Waals surface area contributed by atoms with Crippen molar-refractivity contribution in [1.29, 1.82) is 0 Å². The summed E-state index contributed by atoms with van der Waals surface area (Å²) in [5.74, 6) is 0.246. The van der Waals surface area contributed by atoms with Gasteiger partial charge in [-0.25, -0.2) is 0 Å². The van der Waals surface area contributed by atoms with Gasteiger partial charge in [-0.3, -0.25) is 0 Å². The second-order valence-electron chi connectivity index (χ2n) is 4.79. The molecule has 1 aromatic carbocycles. The van der Waals surface area contributed by atoms with E-state index in [1.165, 1.54) is 0 Å². The lowest BCUT2D eigenvalue weighted by Gasteiger charge is -2.25. The number of hydrogen-bond acceptors (Lipinski definition) is 2. The molecule has 3 unspecified atom stereocenters. The molecule has 0 aliphatic rings. The zero-order valence-electron chi connectivity index (χ0n) is 10.9. The predicted molar refractivity (Wildman–Crippen MR) is 78.3 cm³/mol. The van der Waals surface area contributed by atoms with E-state index in [-0.39, 0.29) is 5.92 Å². The van der Waals surface area contributed by atoms with E-state index in [9.17, 15) is 5.11 Å². The van der Waals surface area contributed by atoms with Crippen LogP contribution in [0.2, 0.25) is 10.0 Å². The molecule has 0 amide bonds. The van der Waals surface area contributed by atoms with Crippen molar-refractivity contribution in [3.8, 4) is 0 Å². The van der Waals surface area contributed by atoms with Gasteiger partial charge in [-0.1, -0.05) is 49.5 Å². The number of aliphatic hydroxyl groups excluding tert-OH is 1. The maximum absolute atomic E-state index is 10.3. The second-order valence-corrected chi connectivity index (χ2v) is 5.61. The molecular formula is C14H21Cl2NO. The lowest BCUT2D eigenvalue weighted by molar-refractivity contribution is 0.118. The quantitative estimate of drug-likeness (QED) is 0.836. The van der Waals surface area contributed by atoms with Crippen LogP contribution in [-0.2, 0) is 0 Å². The molecule has 4 heteroatoms. The monoisotopic (exact) mass is 289 g/mol. The molecule has 3 atom stereocenters. The van der Waals surface area contributed by atoms with Gasteiger partial charge in [0.1, 0.15) is 0 Å². The fraction of sp³-hybridized carbons (Fsp3) is 0.571. The fourth-order valence-electron chi connectivity index (χ4n) is 2.08. The SMILES string of the molecule is CCC(C)CC(O)C(CN)c1c(Cl)cccc1Cl. The molecule has 0 aliphatic carbocycles. The molecule has 1 aromatic rings. The molecular weight excluding hydrogens is 269 g/mol. The first-order valence-corrected chi connectivity index (χ1v) is 7.08. The number of halogens is 2. The van der Waals surface area contributed by atoms with Crippen LogP contribution in [0.3, 0.4) is 0 Å². The Bertz CT molecular complexity index is 364. The summed E-state index contributed by atoms with van der Waals surface area (Å²) in [6.45, 7) is 4.56. The van der Waals surface area contributed by atoms with Gasteiger partial charge >= 0.3 is 0 Å². The van der Waals surface area contributed by atoms with Crippen molar-refractivity contribution in [3.63, 3.8) is 0 Å². The average molecular weight is 290 g/mol. The lowest BCUT2D eigenvalue weighted by Crippen LogP contribution is -2.28. The lowest BCUT2D eigenvalue weighted by atomic mass is 9.87. The largest absolute Gasteiger partial charge is 0.392 e. The van der Waals surface area contributed by atoms with E-state index in [1.807, 2.05) is 0 Å². The average Bonchev–Trinajstić information content (AvgIpc) is 2.33. The van der Waals surface area contributed by atoms with Gasteiger partial charge in [0.15, 0.2) is 0 Å². The Morgan fingerprint density at radius 3 is 2.28 bits per heavy atom. The fourth-order valence-corrected chi connectivity index (χ4v) is 2.75. The normalized spacial score (nSPS) is 16.3. The zero-order valence-corrected chi connectivity index (χ0v) is 12.4. The van der Waals surface area contributed by atoms with Gasteiger partial charge in [0, 0.05) is 22.5 Å². The zero-order chi connectivity index (χ0) is 13.7. The summed E-state index contributed by atoms with van der Waals surface area (Å²) < 4.78 is 0. The van der Waals surface area contributed by atoms with E-state index in [4.69, 9.17) is 28.9 Å². The smallest absolute Gasteiger partial charge is 0.0624 e. The molecule has 1 rings (SSSR count). The molecule has 0 heterocycles. The van der Waals surface area contributed by atoms with E-state index < -0.39 is 6.10 Å². The Morgan fingerprint density at radius 2 is 1.83 bits per heavy atom. The summed E-state index contributed by atoms with van der Waals surface area (Å²) >= 11 is 12.3. The molecule has 102 valence electrons. The van der Waals surface area contributed by atoms with E-state index in [0.717, 1.165) is 12.0 Å². The Kier molecular flexibility index (Phi) is 6.44. The number of aliphatic hydroxyl groups is 1. The van der Waals surface area contributed by atoms with Crippen molar-refractivity contribution in [2.75, 3.05) is 6.54 Å². The number of hydrogen-bond donors (Lipinski definition) is 2. The van der Waals surface area contributed by atoms with Crippen LogP contribution >= 0.6 is 23.2 Å². The first-order valence-electron chi connectivity index (χ1n) is 6.33. The van der Waals surface area contributed by atoms with E-state index in [1.54, 1.807) is 18.2 Å². The molecule has 3 N–H and O–H groups in total. The number of nitrogens with two attached hydrogens (primary N) is 1. The third kappa shape index (κ3) is 3.86. The van der Waals surface area contributed by atoms with Crippen LogP contribution in [0, 0.1) is 5.92 Å². The van der Waals surface area contributed by atoms with Gasteiger partial charge in [0.25, 0.3) is 0 Å². The molecule has 0 bridgehead atoms. The highest BCUT2D eigenvalue weighted by Gasteiger charge is 2.25. The second kappa shape index (κ2) is 7.34. The number of rotatable bonds is 6. The molecule has 0 fully saturated rings. The number of benzene rings is 1. The van der Waals surface area contributed by atoms with Crippen molar-refractivity contribution in [1.82, 2.24) is 0 Å². The van der Waals surface area contributed by atoms with Crippen LogP contribution in [0.1, 0.15) is 38.2 Å². The highest BCUT2D eigenvalue weighted by molar-refractivity contribution is 6.36. The van der Waals surface area contributed by atoms with Gasteiger partial charge < -0.3 is 10.8 Å². The van der Waals surface area contributed by atoms with Gasteiger partial charge in [0.05, 0.1) is 6.10 Å². The summed E-state index contributed by atoms with van der Waals surface area (Å²) in [7, 11) is 0. The van der Waals surface area contributed by atoms with Gasteiger partial charge in [-0.15, -0.1) is 0 Å². The highest BCUT2D eigenvalue weighted by atomic mass is 35.5. The maximum atomic E-state index is 10.3. The minimum Gasteiger partial charge on any atom is -0.392 e. The first-order chi connectivity index (χ1) is 8.51. The molecule has 0 radical (unpaired) electrons. The van der Waals surface area contributed by atoms with Crippen molar-refractivity contribution in [2.45, 2.75) is 38.7 Å². The Balaban J connectivity index is 2.95. The van der Waals surface area contributed by atoms with Gasteiger partial charge in [0.2, 0.25) is 0 Å². The Morgan fingerprint density at radius 1 is 1.28 bits per heavy atom. The molecule has 0 spiro atoms. The van der Waals surface area contributed by atoms with E-state index in [0.29, 0.717) is 28.9 Å². The topological polar surface area (TPSA) is 46.2 Å². The first kappa shape index (κ1) is 15.8.